The van der Waals surface area contributed by atoms with E-state index in [2.05, 4.69) is 39.4 Å². The summed E-state index contributed by atoms with van der Waals surface area (Å²) in [5, 5.41) is 3.16. The van der Waals surface area contributed by atoms with Crippen molar-refractivity contribution in [2.75, 3.05) is 0 Å². The summed E-state index contributed by atoms with van der Waals surface area (Å²) >= 11 is 3.71. The van der Waals surface area contributed by atoms with Crippen LogP contribution in [0.5, 0.6) is 0 Å². The molecule has 1 aliphatic carbocycles. The van der Waals surface area contributed by atoms with Gasteiger partial charge in [0.1, 0.15) is 0 Å². The lowest BCUT2D eigenvalue weighted by Crippen LogP contribution is -2.36. The highest BCUT2D eigenvalue weighted by molar-refractivity contribution is 9.09. The lowest BCUT2D eigenvalue weighted by Gasteiger charge is -2.31. The highest BCUT2D eigenvalue weighted by Crippen LogP contribution is 2.34. The van der Waals surface area contributed by atoms with Crippen LogP contribution in [-0.4, -0.2) is 10.7 Å². The maximum atomic E-state index is 12.3. The molecule has 0 radical (unpaired) electrons. The third kappa shape index (κ3) is 2.63. The highest BCUT2D eigenvalue weighted by atomic mass is 79.9. The molecule has 0 unspecified atom stereocenters. The van der Waals surface area contributed by atoms with E-state index in [9.17, 15) is 4.79 Å². The Morgan fingerprint density at radius 3 is 2.55 bits per heavy atom. The van der Waals surface area contributed by atoms with Crippen LogP contribution in [0.2, 0.25) is 0 Å². The standard InChI is InChI=1S/C17H16BrNO/c18-15-11-10-12-6-4-5-9-14(12)16(15)19-17(20)13-7-2-1-3-8-13/h1-9,15-16H,10-11H2,(H,19,20)/t15-,16+/m0/s1. The van der Waals surface area contributed by atoms with Gasteiger partial charge >= 0.3 is 0 Å². The number of nitrogens with one attached hydrogen (secondary N) is 1. The van der Waals surface area contributed by atoms with E-state index in [1.165, 1.54) is 11.1 Å². The number of aryl methyl sites for hydroxylation is 1. The summed E-state index contributed by atoms with van der Waals surface area (Å²) in [6.45, 7) is 0. The Kier molecular flexibility index (Phi) is 3.88. The minimum Gasteiger partial charge on any atom is -0.344 e. The third-order valence-corrected chi connectivity index (χ3v) is 4.75. The number of alkyl halides is 1. The number of fused-ring (bicyclic) bond motifs is 1. The van der Waals surface area contributed by atoms with Crippen LogP contribution in [0.25, 0.3) is 0 Å². The van der Waals surface area contributed by atoms with Gasteiger partial charge in [-0.25, -0.2) is 0 Å². The quantitative estimate of drug-likeness (QED) is 0.832. The van der Waals surface area contributed by atoms with Gasteiger partial charge < -0.3 is 5.32 Å². The second kappa shape index (κ2) is 5.80. The van der Waals surface area contributed by atoms with E-state index < -0.39 is 0 Å². The summed E-state index contributed by atoms with van der Waals surface area (Å²) in [7, 11) is 0. The predicted octanol–water partition coefficient (Wildman–Crippen LogP) is 3.87. The fourth-order valence-electron chi connectivity index (χ4n) is 2.70. The molecular weight excluding hydrogens is 314 g/mol. The van der Waals surface area contributed by atoms with Gasteiger partial charge in [-0.2, -0.15) is 0 Å². The van der Waals surface area contributed by atoms with Crippen molar-refractivity contribution in [1.29, 1.82) is 0 Å². The zero-order valence-electron chi connectivity index (χ0n) is 11.1. The Hall–Kier alpha value is -1.61. The first kappa shape index (κ1) is 13.4. The minimum absolute atomic E-state index is 0.0169. The molecule has 0 aliphatic heterocycles. The van der Waals surface area contributed by atoms with Gasteiger partial charge in [0.05, 0.1) is 6.04 Å². The molecule has 0 spiro atoms. The molecule has 0 saturated carbocycles. The molecule has 102 valence electrons. The van der Waals surface area contributed by atoms with Crippen LogP contribution in [0.3, 0.4) is 0 Å². The first-order valence-electron chi connectivity index (χ1n) is 6.83. The minimum atomic E-state index is -0.0169. The Morgan fingerprint density at radius 1 is 1.05 bits per heavy atom. The molecule has 0 heterocycles. The summed E-state index contributed by atoms with van der Waals surface area (Å²) < 4.78 is 0. The molecule has 2 aromatic carbocycles. The fourth-order valence-corrected chi connectivity index (χ4v) is 3.35. The number of hydrogen-bond donors (Lipinski definition) is 1. The summed E-state index contributed by atoms with van der Waals surface area (Å²) in [4.78, 5) is 12.6. The van der Waals surface area contributed by atoms with Gasteiger partial charge in [0.15, 0.2) is 0 Å². The number of carbonyl (C=O) groups excluding carboxylic acids is 1. The van der Waals surface area contributed by atoms with Gasteiger partial charge in [-0.05, 0) is 36.1 Å². The topological polar surface area (TPSA) is 29.1 Å². The van der Waals surface area contributed by atoms with Gasteiger partial charge in [-0.1, -0.05) is 58.4 Å². The van der Waals surface area contributed by atoms with E-state index >= 15 is 0 Å². The molecule has 0 bridgehead atoms. The number of carbonyl (C=O) groups is 1. The van der Waals surface area contributed by atoms with Gasteiger partial charge in [-0.3, -0.25) is 4.79 Å². The van der Waals surface area contributed by atoms with Crippen LogP contribution < -0.4 is 5.32 Å². The van der Waals surface area contributed by atoms with Crippen LogP contribution in [0.15, 0.2) is 54.6 Å². The Labute approximate surface area is 127 Å². The molecule has 1 aliphatic rings. The molecule has 1 N–H and O–H groups in total. The van der Waals surface area contributed by atoms with Crippen molar-refractivity contribution in [3.05, 3.63) is 71.3 Å². The van der Waals surface area contributed by atoms with Crippen LogP contribution in [-0.2, 0) is 6.42 Å². The molecule has 20 heavy (non-hydrogen) atoms. The van der Waals surface area contributed by atoms with Gasteiger partial charge in [0.2, 0.25) is 0 Å². The monoisotopic (exact) mass is 329 g/mol. The molecule has 2 atom stereocenters. The number of benzene rings is 2. The largest absolute Gasteiger partial charge is 0.344 e. The average Bonchev–Trinajstić information content (AvgIpc) is 2.51. The van der Waals surface area contributed by atoms with Gasteiger partial charge in [-0.15, -0.1) is 0 Å². The summed E-state index contributed by atoms with van der Waals surface area (Å²) in [6.07, 6.45) is 2.10. The zero-order chi connectivity index (χ0) is 13.9. The molecular formula is C17H16BrNO. The van der Waals surface area contributed by atoms with Crippen LogP contribution in [0.1, 0.15) is 33.9 Å². The molecule has 3 heteroatoms. The Balaban J connectivity index is 1.85. The fraction of sp³-hybridized carbons (Fsp3) is 0.235. The lowest BCUT2D eigenvalue weighted by molar-refractivity contribution is 0.0934. The molecule has 2 nitrogen and oxygen atoms in total. The average molecular weight is 330 g/mol. The van der Waals surface area contributed by atoms with Crippen molar-refractivity contribution in [3.63, 3.8) is 0 Å². The molecule has 2 aromatic rings. The van der Waals surface area contributed by atoms with E-state index in [0.29, 0.717) is 5.56 Å². The number of amides is 1. The number of rotatable bonds is 2. The molecule has 0 saturated heterocycles. The van der Waals surface area contributed by atoms with Crippen LogP contribution in [0, 0.1) is 0 Å². The van der Waals surface area contributed by atoms with E-state index in [0.717, 1.165) is 12.8 Å². The first-order chi connectivity index (χ1) is 9.75. The zero-order valence-corrected chi connectivity index (χ0v) is 12.6. The SMILES string of the molecule is O=C(N[C@@H]1c2ccccc2CC[C@@H]1Br)c1ccccc1. The van der Waals surface area contributed by atoms with Gasteiger partial charge in [0, 0.05) is 10.4 Å². The van der Waals surface area contributed by atoms with Crippen molar-refractivity contribution in [3.8, 4) is 0 Å². The Bertz CT molecular complexity index is 611. The normalized spacial score (nSPS) is 21.1. The molecule has 1 amide bonds. The predicted molar refractivity (Wildman–Crippen MR) is 84.1 cm³/mol. The second-order valence-corrected chi connectivity index (χ2v) is 6.25. The van der Waals surface area contributed by atoms with E-state index in [1.54, 1.807) is 0 Å². The number of halogens is 1. The van der Waals surface area contributed by atoms with Crippen LogP contribution >= 0.6 is 15.9 Å². The second-order valence-electron chi connectivity index (χ2n) is 5.07. The third-order valence-electron chi connectivity index (χ3n) is 3.76. The summed E-state index contributed by atoms with van der Waals surface area (Å²) in [6, 6.07) is 17.8. The molecule has 0 fully saturated rings. The van der Waals surface area contributed by atoms with E-state index in [1.807, 2.05) is 36.4 Å². The smallest absolute Gasteiger partial charge is 0.251 e. The van der Waals surface area contributed by atoms with E-state index in [-0.39, 0.29) is 16.8 Å². The maximum Gasteiger partial charge on any atom is 0.251 e. The van der Waals surface area contributed by atoms with Crippen molar-refractivity contribution in [2.45, 2.75) is 23.7 Å². The lowest BCUT2D eigenvalue weighted by atomic mass is 9.87. The van der Waals surface area contributed by atoms with Crippen molar-refractivity contribution < 1.29 is 4.79 Å². The van der Waals surface area contributed by atoms with E-state index in [4.69, 9.17) is 0 Å². The summed E-state index contributed by atoms with van der Waals surface area (Å²) in [5.74, 6) is -0.0169. The van der Waals surface area contributed by atoms with Crippen LogP contribution in [0.4, 0.5) is 0 Å². The molecule has 0 aromatic heterocycles. The van der Waals surface area contributed by atoms with Crippen molar-refractivity contribution >= 4 is 21.8 Å². The highest BCUT2D eigenvalue weighted by Gasteiger charge is 2.28. The number of hydrogen-bond acceptors (Lipinski definition) is 1. The Morgan fingerprint density at radius 2 is 1.75 bits per heavy atom. The first-order valence-corrected chi connectivity index (χ1v) is 7.75. The van der Waals surface area contributed by atoms with Crippen molar-refractivity contribution in [1.82, 2.24) is 5.32 Å². The molecule has 3 rings (SSSR count). The van der Waals surface area contributed by atoms with Gasteiger partial charge in [0.25, 0.3) is 5.91 Å². The van der Waals surface area contributed by atoms with Crippen molar-refractivity contribution in [2.24, 2.45) is 0 Å². The maximum absolute atomic E-state index is 12.3. The summed E-state index contributed by atoms with van der Waals surface area (Å²) in [5.41, 5.74) is 3.27.